The number of aryl methyl sites for hydroxylation is 2. The molecule has 0 N–H and O–H groups in total. The van der Waals surface area contributed by atoms with E-state index in [-0.39, 0.29) is 5.92 Å². The van der Waals surface area contributed by atoms with E-state index < -0.39 is 0 Å². The topological polar surface area (TPSA) is 73.9 Å². The van der Waals surface area contributed by atoms with Gasteiger partial charge in [-0.05, 0) is 74.9 Å². The Morgan fingerprint density at radius 3 is 2.64 bits per heavy atom. The highest BCUT2D eigenvalue weighted by atomic mass is 35.5. The number of benzene rings is 1. The van der Waals surface area contributed by atoms with Crippen LogP contribution in [-0.2, 0) is 6.54 Å². The van der Waals surface area contributed by atoms with Crippen LogP contribution in [0.2, 0.25) is 5.02 Å². The molecule has 2 aliphatic rings. The number of nitrogens with zero attached hydrogens (tertiary/aromatic N) is 7. The SMILES string of the molecule is COc1nc(-c2nc3n(n2)CCC[C@@H]3c2cc(N3CCCCC3)ccc2Cl)ccc1-n1cnc(C)c1. The molecule has 0 saturated carbocycles. The summed E-state index contributed by atoms with van der Waals surface area (Å²) in [4.78, 5) is 16.5. The summed E-state index contributed by atoms with van der Waals surface area (Å²) in [6.45, 7) is 5.00. The van der Waals surface area contributed by atoms with Gasteiger partial charge in [0.25, 0.3) is 0 Å². The molecule has 0 spiro atoms. The van der Waals surface area contributed by atoms with E-state index in [1.54, 1.807) is 13.4 Å². The van der Waals surface area contributed by atoms with Crippen LogP contribution in [0.25, 0.3) is 17.2 Å². The van der Waals surface area contributed by atoms with Crippen molar-refractivity contribution >= 4 is 17.3 Å². The Hall–Kier alpha value is -3.39. The normalized spacial score (nSPS) is 17.8. The van der Waals surface area contributed by atoms with E-state index in [4.69, 9.17) is 31.4 Å². The lowest BCUT2D eigenvalue weighted by Crippen LogP contribution is -2.29. The van der Waals surface area contributed by atoms with Crippen molar-refractivity contribution in [2.45, 2.75) is 51.5 Å². The van der Waals surface area contributed by atoms with Crippen LogP contribution in [-0.4, -0.2) is 49.5 Å². The molecular weight excluding hydrogens is 474 g/mol. The number of aromatic nitrogens is 6. The number of hydrogen-bond acceptors (Lipinski definition) is 6. The Kier molecular flexibility index (Phi) is 6.13. The van der Waals surface area contributed by atoms with E-state index in [0.717, 1.165) is 60.3 Å². The number of fused-ring (bicyclic) bond motifs is 1. The molecule has 4 aromatic rings. The van der Waals surface area contributed by atoms with Crippen molar-refractivity contribution in [2.75, 3.05) is 25.1 Å². The molecule has 8 nitrogen and oxygen atoms in total. The van der Waals surface area contributed by atoms with Crippen LogP contribution in [0.5, 0.6) is 5.88 Å². The van der Waals surface area contributed by atoms with Crippen molar-refractivity contribution in [1.82, 2.24) is 29.3 Å². The van der Waals surface area contributed by atoms with Gasteiger partial charge >= 0.3 is 0 Å². The van der Waals surface area contributed by atoms with Crippen LogP contribution in [0.1, 0.15) is 55.1 Å². The number of imidazole rings is 1. The summed E-state index contributed by atoms with van der Waals surface area (Å²) in [7, 11) is 1.62. The van der Waals surface area contributed by atoms with Gasteiger partial charge in [0.05, 0.1) is 19.1 Å². The van der Waals surface area contributed by atoms with E-state index in [1.807, 2.05) is 40.6 Å². The van der Waals surface area contributed by atoms with Gasteiger partial charge in [0, 0.05) is 42.5 Å². The second-order valence-corrected chi connectivity index (χ2v) is 10.0. The highest BCUT2D eigenvalue weighted by molar-refractivity contribution is 6.31. The second-order valence-electron chi connectivity index (χ2n) is 9.61. The number of piperidine rings is 1. The Labute approximate surface area is 215 Å². The quantitative estimate of drug-likeness (QED) is 0.362. The summed E-state index contributed by atoms with van der Waals surface area (Å²) in [5, 5.41) is 5.63. The molecule has 1 aromatic carbocycles. The fourth-order valence-corrected chi connectivity index (χ4v) is 5.61. The molecule has 0 aliphatic carbocycles. The highest BCUT2D eigenvalue weighted by Crippen LogP contribution is 2.39. The molecule has 2 aliphatic heterocycles. The minimum Gasteiger partial charge on any atom is -0.479 e. The first-order chi connectivity index (χ1) is 17.6. The van der Waals surface area contributed by atoms with Gasteiger partial charge in [-0.15, -0.1) is 5.10 Å². The number of hydrogen-bond donors (Lipinski definition) is 0. The van der Waals surface area contributed by atoms with Gasteiger partial charge in [0.2, 0.25) is 5.88 Å². The predicted molar refractivity (Wildman–Crippen MR) is 140 cm³/mol. The monoisotopic (exact) mass is 503 g/mol. The standard InChI is InChI=1S/C27H30ClN7O/c1-18-16-34(17-29-18)24-11-10-23(30-27(24)36-2)25-31-26-20(7-6-14-35(26)32-25)21-15-19(8-9-22(21)28)33-12-4-3-5-13-33/h8-11,15-17,20H,3-7,12-14H2,1-2H3/t20-/m1/s1. The third kappa shape index (κ3) is 4.23. The smallest absolute Gasteiger partial charge is 0.238 e. The van der Waals surface area contributed by atoms with E-state index in [9.17, 15) is 0 Å². The number of pyridine rings is 1. The number of methoxy groups -OCH3 is 1. The highest BCUT2D eigenvalue weighted by Gasteiger charge is 2.29. The Morgan fingerprint density at radius 1 is 1.00 bits per heavy atom. The summed E-state index contributed by atoms with van der Waals surface area (Å²) in [6, 6.07) is 10.4. The van der Waals surface area contributed by atoms with E-state index >= 15 is 0 Å². The first-order valence-electron chi connectivity index (χ1n) is 12.7. The Balaban J connectivity index is 1.34. The number of anilines is 1. The lowest BCUT2D eigenvalue weighted by Gasteiger charge is -2.30. The fraction of sp³-hybridized carbons (Fsp3) is 0.407. The number of rotatable bonds is 5. The summed E-state index contributed by atoms with van der Waals surface area (Å²) in [5.41, 5.74) is 4.82. The number of ether oxygens (including phenoxy) is 1. The summed E-state index contributed by atoms with van der Waals surface area (Å²) in [6.07, 6.45) is 9.53. The van der Waals surface area contributed by atoms with Gasteiger partial charge in [-0.2, -0.15) is 0 Å². The fourth-order valence-electron chi connectivity index (χ4n) is 5.36. The molecule has 9 heteroatoms. The molecule has 1 atom stereocenters. The minimum absolute atomic E-state index is 0.104. The first-order valence-corrected chi connectivity index (χ1v) is 13.0. The first kappa shape index (κ1) is 23.0. The lowest BCUT2D eigenvalue weighted by atomic mass is 9.90. The zero-order chi connectivity index (χ0) is 24.6. The number of halogens is 1. The van der Waals surface area contributed by atoms with E-state index in [1.165, 1.54) is 24.9 Å². The molecule has 0 bridgehead atoms. The molecular formula is C27H30ClN7O. The lowest BCUT2D eigenvalue weighted by molar-refractivity contribution is 0.396. The van der Waals surface area contributed by atoms with Crippen molar-refractivity contribution in [3.05, 3.63) is 65.0 Å². The Bertz CT molecular complexity index is 1390. The van der Waals surface area contributed by atoms with Gasteiger partial charge in [0.1, 0.15) is 17.2 Å². The Morgan fingerprint density at radius 2 is 1.86 bits per heavy atom. The molecule has 36 heavy (non-hydrogen) atoms. The predicted octanol–water partition coefficient (Wildman–Crippen LogP) is 5.41. The van der Waals surface area contributed by atoms with E-state index in [2.05, 4.69) is 22.0 Å². The maximum atomic E-state index is 6.76. The van der Waals surface area contributed by atoms with Gasteiger partial charge in [-0.25, -0.2) is 19.6 Å². The molecule has 0 amide bonds. The molecule has 3 aromatic heterocycles. The van der Waals surface area contributed by atoms with E-state index in [0.29, 0.717) is 17.4 Å². The molecule has 1 fully saturated rings. The average Bonchev–Trinajstić information content (AvgIpc) is 3.55. The third-order valence-electron chi connectivity index (χ3n) is 7.20. The van der Waals surface area contributed by atoms with Gasteiger partial charge in [-0.1, -0.05) is 11.6 Å². The third-order valence-corrected chi connectivity index (χ3v) is 7.55. The van der Waals surface area contributed by atoms with Crippen molar-refractivity contribution in [1.29, 1.82) is 0 Å². The molecule has 186 valence electrons. The second kappa shape index (κ2) is 9.58. The summed E-state index contributed by atoms with van der Waals surface area (Å²) >= 11 is 6.76. The van der Waals surface area contributed by atoms with Gasteiger partial charge < -0.3 is 14.2 Å². The van der Waals surface area contributed by atoms with Crippen LogP contribution in [0.3, 0.4) is 0 Å². The maximum Gasteiger partial charge on any atom is 0.238 e. The van der Waals surface area contributed by atoms with Crippen LogP contribution in [0, 0.1) is 6.92 Å². The van der Waals surface area contributed by atoms with Crippen molar-refractivity contribution in [3.8, 4) is 23.1 Å². The van der Waals surface area contributed by atoms with Crippen molar-refractivity contribution in [3.63, 3.8) is 0 Å². The maximum absolute atomic E-state index is 6.76. The molecule has 0 radical (unpaired) electrons. The van der Waals surface area contributed by atoms with Crippen molar-refractivity contribution in [2.24, 2.45) is 0 Å². The van der Waals surface area contributed by atoms with Crippen LogP contribution in [0.15, 0.2) is 42.9 Å². The molecule has 6 rings (SSSR count). The minimum atomic E-state index is 0.104. The average molecular weight is 504 g/mol. The van der Waals surface area contributed by atoms with Crippen LogP contribution in [0.4, 0.5) is 5.69 Å². The molecule has 0 unspecified atom stereocenters. The van der Waals surface area contributed by atoms with Crippen LogP contribution >= 0.6 is 11.6 Å². The molecule has 5 heterocycles. The van der Waals surface area contributed by atoms with Crippen LogP contribution < -0.4 is 9.64 Å². The van der Waals surface area contributed by atoms with Gasteiger partial charge in [0.15, 0.2) is 5.82 Å². The zero-order valence-electron chi connectivity index (χ0n) is 20.7. The largest absolute Gasteiger partial charge is 0.479 e. The van der Waals surface area contributed by atoms with Gasteiger partial charge in [-0.3, -0.25) is 0 Å². The molecule has 1 saturated heterocycles. The summed E-state index contributed by atoms with van der Waals surface area (Å²) in [5.74, 6) is 2.16. The summed E-state index contributed by atoms with van der Waals surface area (Å²) < 4.78 is 9.54. The van der Waals surface area contributed by atoms with Crippen molar-refractivity contribution < 1.29 is 4.74 Å². The zero-order valence-corrected chi connectivity index (χ0v) is 21.4.